The Bertz CT molecular complexity index is 419. The van der Waals surface area contributed by atoms with E-state index in [-0.39, 0.29) is 19.7 Å². The van der Waals surface area contributed by atoms with Crippen molar-refractivity contribution in [2.24, 2.45) is 0 Å². The summed E-state index contributed by atoms with van der Waals surface area (Å²) < 4.78 is 38.6. The van der Waals surface area contributed by atoms with Crippen LogP contribution in [0.2, 0.25) is 0 Å². The lowest BCUT2D eigenvalue weighted by molar-refractivity contribution is -0.157. The fourth-order valence-electron chi connectivity index (χ4n) is 1.45. The average molecular weight is 281 g/mol. The molecule has 9 heteroatoms. The molecule has 0 aliphatic carbocycles. The monoisotopic (exact) mass is 281 g/mol. The molecule has 0 aromatic heterocycles. The maximum atomic E-state index is 11.8. The summed E-state index contributed by atoms with van der Waals surface area (Å²) in [6.07, 6.45) is -0.962. The number of esters is 2. The van der Waals surface area contributed by atoms with Gasteiger partial charge < -0.3 is 14.2 Å². The first kappa shape index (κ1) is 14.9. The van der Waals surface area contributed by atoms with Gasteiger partial charge >= 0.3 is 11.9 Å². The van der Waals surface area contributed by atoms with E-state index in [9.17, 15) is 18.0 Å². The van der Waals surface area contributed by atoms with Gasteiger partial charge in [-0.05, 0) is 0 Å². The summed E-state index contributed by atoms with van der Waals surface area (Å²) in [4.78, 5) is 22.2. The maximum absolute atomic E-state index is 11.8. The largest absolute Gasteiger partial charge is 0.468 e. The number of hydrogen-bond acceptors (Lipinski definition) is 7. The molecule has 18 heavy (non-hydrogen) atoms. The molecule has 0 radical (unpaired) electrons. The first-order chi connectivity index (χ1) is 8.40. The lowest BCUT2D eigenvalue weighted by Crippen LogP contribution is -2.50. The van der Waals surface area contributed by atoms with Crippen LogP contribution in [0.3, 0.4) is 0 Å². The Morgan fingerprint density at radius 1 is 1.33 bits per heavy atom. The highest BCUT2D eigenvalue weighted by atomic mass is 32.2. The predicted molar refractivity (Wildman–Crippen MR) is 59.1 cm³/mol. The van der Waals surface area contributed by atoms with Crippen molar-refractivity contribution in [3.8, 4) is 0 Å². The first-order valence-corrected chi connectivity index (χ1v) is 6.75. The van der Waals surface area contributed by atoms with Gasteiger partial charge in [0.2, 0.25) is 10.0 Å². The lowest BCUT2D eigenvalue weighted by Gasteiger charge is -2.30. The first-order valence-electron chi connectivity index (χ1n) is 5.14. The standard InChI is InChI=1S/C9H15NO7S/c1-15-8(11)6-18(13,14)10-3-4-17-7(5-10)9(12)16-2/h7H,3-6H2,1-2H3. The van der Waals surface area contributed by atoms with Crippen molar-refractivity contribution in [3.63, 3.8) is 0 Å². The third-order valence-corrected chi connectivity index (χ3v) is 4.13. The van der Waals surface area contributed by atoms with Gasteiger partial charge in [0.05, 0.1) is 27.4 Å². The molecule has 1 saturated heterocycles. The highest BCUT2D eigenvalue weighted by Crippen LogP contribution is 2.11. The Balaban J connectivity index is 2.71. The number of nitrogens with zero attached hydrogens (tertiary/aromatic N) is 1. The van der Waals surface area contributed by atoms with E-state index in [1.54, 1.807) is 0 Å². The van der Waals surface area contributed by atoms with E-state index in [1.165, 1.54) is 7.11 Å². The molecule has 0 N–H and O–H groups in total. The van der Waals surface area contributed by atoms with Gasteiger partial charge in [0, 0.05) is 6.54 Å². The van der Waals surface area contributed by atoms with Crippen molar-refractivity contribution in [1.82, 2.24) is 4.31 Å². The molecular formula is C9H15NO7S. The summed E-state index contributed by atoms with van der Waals surface area (Å²) >= 11 is 0. The molecule has 0 bridgehead atoms. The van der Waals surface area contributed by atoms with Crippen molar-refractivity contribution >= 4 is 22.0 Å². The van der Waals surface area contributed by atoms with Gasteiger partial charge in [-0.25, -0.2) is 13.2 Å². The van der Waals surface area contributed by atoms with Crippen LogP contribution in [0.25, 0.3) is 0 Å². The van der Waals surface area contributed by atoms with E-state index in [4.69, 9.17) is 4.74 Å². The fraction of sp³-hybridized carbons (Fsp3) is 0.778. The van der Waals surface area contributed by atoms with Gasteiger partial charge in [-0.2, -0.15) is 4.31 Å². The van der Waals surface area contributed by atoms with Crippen LogP contribution >= 0.6 is 0 Å². The van der Waals surface area contributed by atoms with Crippen LogP contribution in [0.5, 0.6) is 0 Å². The molecule has 1 aliphatic heterocycles. The second-order valence-electron chi connectivity index (χ2n) is 3.57. The topological polar surface area (TPSA) is 99.2 Å². The number of ether oxygens (including phenoxy) is 3. The molecule has 0 saturated carbocycles. The minimum atomic E-state index is -3.80. The summed E-state index contributed by atoms with van der Waals surface area (Å²) in [7, 11) is -1.50. The minimum Gasteiger partial charge on any atom is -0.468 e. The summed E-state index contributed by atoms with van der Waals surface area (Å²) in [6, 6.07) is 0. The molecule has 1 aliphatic rings. The summed E-state index contributed by atoms with van der Waals surface area (Å²) in [5.74, 6) is -2.25. The molecule has 0 aromatic rings. The van der Waals surface area contributed by atoms with Crippen molar-refractivity contribution in [2.75, 3.05) is 39.7 Å². The number of carbonyl (C=O) groups excluding carboxylic acids is 2. The molecule has 1 unspecified atom stereocenters. The molecule has 8 nitrogen and oxygen atoms in total. The number of hydrogen-bond donors (Lipinski definition) is 0. The van der Waals surface area contributed by atoms with E-state index in [0.717, 1.165) is 11.4 Å². The molecular weight excluding hydrogens is 266 g/mol. The van der Waals surface area contributed by atoms with Crippen molar-refractivity contribution in [2.45, 2.75) is 6.10 Å². The molecule has 1 atom stereocenters. The van der Waals surface area contributed by atoms with Crippen molar-refractivity contribution in [3.05, 3.63) is 0 Å². The van der Waals surface area contributed by atoms with Gasteiger partial charge in [-0.1, -0.05) is 0 Å². The highest BCUT2D eigenvalue weighted by Gasteiger charge is 2.34. The zero-order chi connectivity index (χ0) is 13.8. The molecule has 0 spiro atoms. The molecule has 1 heterocycles. The molecule has 1 rings (SSSR count). The van der Waals surface area contributed by atoms with Crippen LogP contribution in [0.1, 0.15) is 0 Å². The fourth-order valence-corrected chi connectivity index (χ4v) is 2.77. The maximum Gasteiger partial charge on any atom is 0.336 e. The smallest absolute Gasteiger partial charge is 0.336 e. The third-order valence-electron chi connectivity index (χ3n) is 2.41. The van der Waals surface area contributed by atoms with Gasteiger partial charge in [-0.3, -0.25) is 4.79 Å². The number of methoxy groups -OCH3 is 2. The van der Waals surface area contributed by atoms with Crippen LogP contribution in [-0.2, 0) is 33.8 Å². The zero-order valence-electron chi connectivity index (χ0n) is 10.1. The van der Waals surface area contributed by atoms with E-state index < -0.39 is 33.8 Å². The Morgan fingerprint density at radius 3 is 2.56 bits per heavy atom. The van der Waals surface area contributed by atoms with Gasteiger partial charge in [0.1, 0.15) is 0 Å². The Labute approximate surface area is 105 Å². The summed E-state index contributed by atoms with van der Waals surface area (Å²) in [5.41, 5.74) is 0. The van der Waals surface area contributed by atoms with Gasteiger partial charge in [0.15, 0.2) is 11.9 Å². The number of sulfonamides is 1. The van der Waals surface area contributed by atoms with E-state index in [2.05, 4.69) is 9.47 Å². The number of rotatable bonds is 4. The highest BCUT2D eigenvalue weighted by molar-refractivity contribution is 7.89. The zero-order valence-corrected chi connectivity index (χ0v) is 10.9. The van der Waals surface area contributed by atoms with Crippen molar-refractivity contribution < 1.29 is 32.2 Å². The average Bonchev–Trinajstić information content (AvgIpc) is 2.37. The van der Waals surface area contributed by atoms with Crippen LogP contribution in [-0.4, -0.2) is 70.4 Å². The van der Waals surface area contributed by atoms with Crippen molar-refractivity contribution in [1.29, 1.82) is 0 Å². The molecule has 1 fully saturated rings. The number of morpholine rings is 1. The van der Waals surface area contributed by atoms with E-state index in [1.807, 2.05) is 0 Å². The quantitative estimate of drug-likeness (QED) is 0.570. The van der Waals surface area contributed by atoms with Gasteiger partial charge in [-0.15, -0.1) is 0 Å². The molecule has 0 amide bonds. The van der Waals surface area contributed by atoms with E-state index in [0.29, 0.717) is 0 Å². The Hall–Kier alpha value is -1.19. The second kappa shape index (κ2) is 6.12. The molecule has 0 aromatic carbocycles. The third kappa shape index (κ3) is 3.65. The minimum absolute atomic E-state index is 0.0696. The summed E-state index contributed by atoms with van der Waals surface area (Å²) in [5, 5.41) is 0. The van der Waals surface area contributed by atoms with Crippen LogP contribution < -0.4 is 0 Å². The summed E-state index contributed by atoms with van der Waals surface area (Å²) in [6.45, 7) is -0.001000. The van der Waals surface area contributed by atoms with Gasteiger partial charge in [0.25, 0.3) is 0 Å². The lowest BCUT2D eigenvalue weighted by atomic mass is 10.3. The molecule has 104 valence electrons. The van der Waals surface area contributed by atoms with Crippen LogP contribution in [0, 0.1) is 0 Å². The number of carbonyl (C=O) groups is 2. The van der Waals surface area contributed by atoms with Crippen LogP contribution in [0.15, 0.2) is 0 Å². The second-order valence-corrected chi connectivity index (χ2v) is 5.54. The van der Waals surface area contributed by atoms with E-state index >= 15 is 0 Å². The van der Waals surface area contributed by atoms with Crippen LogP contribution in [0.4, 0.5) is 0 Å². The predicted octanol–water partition coefficient (Wildman–Crippen LogP) is -1.64. The Morgan fingerprint density at radius 2 is 2.00 bits per heavy atom. The normalized spacial score (nSPS) is 21.3. The Kier molecular flexibility index (Phi) is 5.05. The SMILES string of the molecule is COC(=O)CS(=O)(=O)N1CCOC(C(=O)OC)C1.